The first kappa shape index (κ1) is 40.1. The van der Waals surface area contributed by atoms with Gasteiger partial charge in [0, 0.05) is 35.7 Å². The van der Waals surface area contributed by atoms with Crippen LogP contribution in [0.5, 0.6) is 23.0 Å². The van der Waals surface area contributed by atoms with Crippen molar-refractivity contribution in [2.45, 2.75) is 25.7 Å². The number of methoxy groups -OCH3 is 2. The number of anilines is 2. The van der Waals surface area contributed by atoms with Crippen LogP contribution in [-0.4, -0.2) is 64.4 Å². The molecule has 0 saturated heterocycles. The van der Waals surface area contributed by atoms with E-state index < -0.39 is 11.9 Å². The fraction of sp³-hybridized carbons (Fsp3) is 0.250. The maximum absolute atomic E-state index is 12.6. The highest BCUT2D eigenvalue weighted by Crippen LogP contribution is 2.30. The zero-order valence-electron chi connectivity index (χ0n) is 29.4. The summed E-state index contributed by atoms with van der Waals surface area (Å²) in [4.78, 5) is 47.3. The molecule has 3 rings (SSSR count). The molecule has 0 atom stereocenters. The fourth-order valence-electron chi connectivity index (χ4n) is 4.40. The molecule has 12 heteroatoms. The Labute approximate surface area is 303 Å². The van der Waals surface area contributed by atoms with Gasteiger partial charge in [-0.15, -0.1) is 0 Å². The first-order chi connectivity index (χ1) is 25.2. The van der Waals surface area contributed by atoms with Crippen LogP contribution in [-0.2, 0) is 28.7 Å². The lowest BCUT2D eigenvalue weighted by atomic mass is 10.2. The minimum Gasteiger partial charge on any atom is -0.493 e. The molecular weight excluding hydrogens is 668 g/mol. The van der Waals surface area contributed by atoms with Crippen molar-refractivity contribution in [1.82, 2.24) is 0 Å². The van der Waals surface area contributed by atoms with Crippen molar-refractivity contribution in [3.63, 3.8) is 0 Å². The molecule has 274 valence electrons. The van der Waals surface area contributed by atoms with Crippen LogP contribution >= 0.6 is 0 Å². The SMILES string of the molecule is C=CC(=O)OCCCCOc1ccc(/C=C/C(=O)Nc2ccc(NC(=O)/C=C/c3ccc(OCCCCOC(=O)C=C)c(OC)c3)cc2)cc1OC. The van der Waals surface area contributed by atoms with Crippen LogP contribution in [0.25, 0.3) is 12.2 Å². The van der Waals surface area contributed by atoms with Gasteiger partial charge in [-0.1, -0.05) is 25.3 Å². The van der Waals surface area contributed by atoms with Crippen LogP contribution in [0.2, 0.25) is 0 Å². The lowest BCUT2D eigenvalue weighted by molar-refractivity contribution is -0.138. The van der Waals surface area contributed by atoms with Crippen molar-refractivity contribution in [2.24, 2.45) is 0 Å². The number of nitrogens with one attached hydrogen (secondary N) is 2. The number of carbonyl (C=O) groups excluding carboxylic acids is 4. The number of ether oxygens (including phenoxy) is 6. The highest BCUT2D eigenvalue weighted by atomic mass is 16.5. The Morgan fingerprint density at radius 1 is 0.558 bits per heavy atom. The number of amides is 2. The standard InChI is InChI=1S/C40H44N2O10/c1-5-39(45)51-25-9-7-23-49-33-19-11-29(27-35(33)47-3)13-21-37(43)41-31-15-17-32(18-16-31)42-38(44)22-14-30-12-20-34(36(28-30)48-4)50-24-8-10-26-52-40(46)6-2/h5-6,11-22,27-28H,1-2,7-10,23-26H2,3-4H3,(H,41,43)(H,42,44)/b21-13+,22-14+. The van der Waals surface area contributed by atoms with E-state index in [9.17, 15) is 19.2 Å². The molecular formula is C40H44N2O10. The van der Waals surface area contributed by atoms with Gasteiger partial charge in [0.15, 0.2) is 23.0 Å². The molecule has 3 aromatic rings. The van der Waals surface area contributed by atoms with E-state index in [0.29, 0.717) is 86.5 Å². The van der Waals surface area contributed by atoms with E-state index in [2.05, 4.69) is 23.8 Å². The fourth-order valence-corrected chi connectivity index (χ4v) is 4.40. The molecule has 12 nitrogen and oxygen atoms in total. The smallest absolute Gasteiger partial charge is 0.330 e. The summed E-state index contributed by atoms with van der Waals surface area (Å²) in [7, 11) is 3.07. The number of esters is 2. The van der Waals surface area contributed by atoms with E-state index in [1.807, 2.05) is 0 Å². The predicted octanol–water partition coefficient (Wildman–Crippen LogP) is 6.78. The minimum absolute atomic E-state index is 0.295. The molecule has 0 aliphatic heterocycles. The number of rotatable bonds is 22. The molecule has 0 aliphatic carbocycles. The molecule has 0 aliphatic rings. The van der Waals surface area contributed by atoms with Gasteiger partial charge >= 0.3 is 11.9 Å². The molecule has 0 bridgehead atoms. The maximum Gasteiger partial charge on any atom is 0.330 e. The van der Waals surface area contributed by atoms with Crippen LogP contribution in [0.15, 0.2) is 98.1 Å². The largest absolute Gasteiger partial charge is 0.493 e. The Morgan fingerprint density at radius 3 is 1.31 bits per heavy atom. The number of unbranched alkanes of at least 4 members (excludes halogenated alkanes) is 2. The van der Waals surface area contributed by atoms with Gasteiger partial charge in [-0.25, -0.2) is 9.59 Å². The lowest BCUT2D eigenvalue weighted by Gasteiger charge is -2.11. The minimum atomic E-state index is -0.449. The van der Waals surface area contributed by atoms with E-state index in [0.717, 1.165) is 23.3 Å². The molecule has 0 radical (unpaired) electrons. The van der Waals surface area contributed by atoms with Gasteiger partial charge in [0.25, 0.3) is 0 Å². The molecule has 52 heavy (non-hydrogen) atoms. The van der Waals surface area contributed by atoms with Crippen molar-refractivity contribution >= 4 is 47.3 Å². The summed E-state index contributed by atoms with van der Waals surface area (Å²) in [5.74, 6) is 0.584. The third-order valence-electron chi connectivity index (χ3n) is 7.06. The number of hydrogen-bond acceptors (Lipinski definition) is 10. The number of benzene rings is 3. The summed E-state index contributed by atoms with van der Waals surface area (Å²) in [5.41, 5.74) is 2.58. The second-order valence-electron chi connectivity index (χ2n) is 10.9. The molecule has 0 spiro atoms. The normalized spacial score (nSPS) is 10.7. The zero-order chi connectivity index (χ0) is 37.6. The molecule has 2 amide bonds. The van der Waals surface area contributed by atoms with E-state index >= 15 is 0 Å². The summed E-state index contributed by atoms with van der Waals surface area (Å²) in [5, 5.41) is 5.58. The van der Waals surface area contributed by atoms with E-state index in [1.165, 1.54) is 26.4 Å². The Kier molecular flexibility index (Phi) is 17.3. The Bertz CT molecular complexity index is 1600. The topological polar surface area (TPSA) is 148 Å². The zero-order valence-corrected chi connectivity index (χ0v) is 29.4. The van der Waals surface area contributed by atoms with Crippen LogP contribution in [0, 0.1) is 0 Å². The van der Waals surface area contributed by atoms with Crippen LogP contribution in [0.4, 0.5) is 11.4 Å². The molecule has 0 aromatic heterocycles. The average Bonchev–Trinajstić information content (AvgIpc) is 3.16. The number of carbonyl (C=O) groups is 4. The van der Waals surface area contributed by atoms with Crippen molar-refractivity contribution in [2.75, 3.05) is 51.3 Å². The Balaban J connectivity index is 1.43. The Morgan fingerprint density at radius 2 is 0.942 bits per heavy atom. The number of hydrogen-bond donors (Lipinski definition) is 2. The first-order valence-corrected chi connectivity index (χ1v) is 16.5. The van der Waals surface area contributed by atoms with E-state index in [-0.39, 0.29) is 11.8 Å². The van der Waals surface area contributed by atoms with Crippen LogP contribution in [0.3, 0.4) is 0 Å². The van der Waals surface area contributed by atoms with Gasteiger partial charge in [-0.3, -0.25) is 9.59 Å². The predicted molar refractivity (Wildman–Crippen MR) is 200 cm³/mol. The monoisotopic (exact) mass is 712 g/mol. The summed E-state index contributed by atoms with van der Waals surface area (Å²) < 4.78 is 32.3. The van der Waals surface area contributed by atoms with Crippen molar-refractivity contribution in [1.29, 1.82) is 0 Å². The second-order valence-corrected chi connectivity index (χ2v) is 10.9. The molecule has 0 heterocycles. The summed E-state index contributed by atoms with van der Waals surface area (Å²) >= 11 is 0. The molecule has 2 N–H and O–H groups in total. The van der Waals surface area contributed by atoms with Gasteiger partial charge in [0.1, 0.15) is 0 Å². The summed E-state index contributed by atoms with van der Waals surface area (Å²) in [6, 6.07) is 17.4. The van der Waals surface area contributed by atoms with Crippen LogP contribution < -0.4 is 29.6 Å². The van der Waals surface area contributed by atoms with E-state index in [1.54, 1.807) is 72.8 Å². The third-order valence-corrected chi connectivity index (χ3v) is 7.06. The average molecular weight is 713 g/mol. The quantitative estimate of drug-likeness (QED) is 0.0649. The van der Waals surface area contributed by atoms with E-state index in [4.69, 9.17) is 28.4 Å². The summed E-state index contributed by atoms with van der Waals surface area (Å²) in [6.07, 6.45) is 11.0. The maximum atomic E-state index is 12.6. The van der Waals surface area contributed by atoms with Gasteiger partial charge in [-0.05, 0) is 97.5 Å². The molecule has 3 aromatic carbocycles. The van der Waals surface area contributed by atoms with Gasteiger partial charge in [0.05, 0.1) is 40.6 Å². The third kappa shape index (κ3) is 14.7. The first-order valence-electron chi connectivity index (χ1n) is 16.5. The highest BCUT2D eigenvalue weighted by Gasteiger charge is 2.08. The van der Waals surface area contributed by atoms with Crippen molar-refractivity contribution in [3.8, 4) is 23.0 Å². The molecule has 0 fully saturated rings. The molecule has 0 unspecified atom stereocenters. The molecule has 0 saturated carbocycles. The lowest BCUT2D eigenvalue weighted by Crippen LogP contribution is -2.09. The second kappa shape index (κ2) is 22.4. The van der Waals surface area contributed by atoms with Gasteiger partial charge < -0.3 is 39.1 Å². The Hall–Kier alpha value is -6.30. The van der Waals surface area contributed by atoms with Crippen molar-refractivity contribution < 1.29 is 47.6 Å². The summed E-state index contributed by atoms with van der Waals surface area (Å²) in [6.45, 7) is 8.14. The van der Waals surface area contributed by atoms with Crippen LogP contribution in [0.1, 0.15) is 36.8 Å². The van der Waals surface area contributed by atoms with Gasteiger partial charge in [-0.2, -0.15) is 0 Å². The highest BCUT2D eigenvalue weighted by molar-refractivity contribution is 6.03. The van der Waals surface area contributed by atoms with Crippen molar-refractivity contribution in [3.05, 3.63) is 109 Å². The van der Waals surface area contributed by atoms with Gasteiger partial charge in [0.2, 0.25) is 11.8 Å².